The van der Waals surface area contributed by atoms with Crippen molar-refractivity contribution in [3.63, 3.8) is 0 Å². The quantitative estimate of drug-likeness (QED) is 0.347. The zero-order valence-corrected chi connectivity index (χ0v) is 23.2. The maximum atomic E-state index is 13.4. The van der Waals surface area contributed by atoms with Crippen molar-refractivity contribution >= 4 is 27.5 Å². The third kappa shape index (κ3) is 6.42. The molecule has 6 heteroatoms. The lowest BCUT2D eigenvalue weighted by molar-refractivity contribution is 0.0937. The van der Waals surface area contributed by atoms with Gasteiger partial charge in [0.2, 0.25) is 0 Å². The second-order valence-electron chi connectivity index (χ2n) is 12.1. The summed E-state index contributed by atoms with van der Waals surface area (Å²) in [6.45, 7) is 7.83. The molecule has 2 aromatic heterocycles. The highest BCUT2D eigenvalue weighted by molar-refractivity contribution is 7.20. The van der Waals surface area contributed by atoms with Gasteiger partial charge in [0.1, 0.15) is 4.83 Å². The van der Waals surface area contributed by atoms with Crippen LogP contribution in [0.2, 0.25) is 0 Å². The number of carbonyl (C=O) groups excluding carboxylic acids is 1. The maximum Gasteiger partial charge on any atom is 0.261 e. The number of nitrogens with one attached hydrogen (secondary N) is 2. The number of amides is 1. The predicted octanol–water partition coefficient (Wildman–Crippen LogP) is 6.20. The number of thiophene rings is 1. The van der Waals surface area contributed by atoms with Gasteiger partial charge in [-0.3, -0.25) is 4.79 Å². The first kappa shape index (κ1) is 26.3. The molecule has 2 heterocycles. The number of nitrogens with zero attached hydrogens (tertiary/aromatic N) is 1. The fourth-order valence-electron chi connectivity index (χ4n) is 5.92. The van der Waals surface area contributed by atoms with E-state index in [2.05, 4.69) is 49.6 Å². The molecule has 1 amide bonds. The van der Waals surface area contributed by atoms with Crippen LogP contribution in [0.4, 0.5) is 0 Å². The Labute approximate surface area is 225 Å². The second-order valence-corrected chi connectivity index (χ2v) is 13.1. The third-order valence-corrected chi connectivity index (χ3v) is 9.44. The van der Waals surface area contributed by atoms with Crippen molar-refractivity contribution in [2.75, 3.05) is 6.54 Å². The Kier molecular flexibility index (Phi) is 7.99. The van der Waals surface area contributed by atoms with E-state index >= 15 is 0 Å². The molecule has 37 heavy (non-hydrogen) atoms. The second kappa shape index (κ2) is 11.2. The van der Waals surface area contributed by atoms with Gasteiger partial charge in [-0.1, -0.05) is 51.1 Å². The molecule has 2 atom stereocenters. The first-order valence-electron chi connectivity index (χ1n) is 14.0. The van der Waals surface area contributed by atoms with Crippen LogP contribution in [0.1, 0.15) is 91.8 Å². The van der Waals surface area contributed by atoms with E-state index in [9.17, 15) is 9.90 Å². The molecule has 0 spiro atoms. The highest BCUT2D eigenvalue weighted by Crippen LogP contribution is 2.38. The minimum absolute atomic E-state index is 0.0248. The number of aliphatic hydroxyl groups is 1. The summed E-state index contributed by atoms with van der Waals surface area (Å²) in [5.41, 5.74) is 3.99. The Morgan fingerprint density at radius 2 is 1.86 bits per heavy atom. The number of pyridine rings is 1. The highest BCUT2D eigenvalue weighted by atomic mass is 32.1. The van der Waals surface area contributed by atoms with Gasteiger partial charge >= 0.3 is 0 Å². The van der Waals surface area contributed by atoms with Gasteiger partial charge < -0.3 is 15.7 Å². The van der Waals surface area contributed by atoms with Crippen molar-refractivity contribution in [3.05, 3.63) is 64.2 Å². The predicted molar refractivity (Wildman–Crippen MR) is 152 cm³/mol. The minimum atomic E-state index is -0.143. The number of hydrogen-bond donors (Lipinski definition) is 3. The van der Waals surface area contributed by atoms with Crippen LogP contribution in [0.25, 0.3) is 10.2 Å². The van der Waals surface area contributed by atoms with Crippen LogP contribution in [-0.4, -0.2) is 34.7 Å². The summed E-state index contributed by atoms with van der Waals surface area (Å²) >= 11 is 1.51. The number of rotatable bonds is 7. The summed E-state index contributed by atoms with van der Waals surface area (Å²) in [4.78, 5) is 20.1. The molecule has 2 aliphatic rings. The summed E-state index contributed by atoms with van der Waals surface area (Å²) in [6.07, 6.45) is 7.72. The first-order valence-corrected chi connectivity index (χ1v) is 14.8. The van der Waals surface area contributed by atoms with Gasteiger partial charge in [-0.05, 0) is 92.5 Å². The van der Waals surface area contributed by atoms with E-state index in [0.717, 1.165) is 72.1 Å². The van der Waals surface area contributed by atoms with E-state index in [0.29, 0.717) is 17.4 Å². The van der Waals surface area contributed by atoms with Gasteiger partial charge in [0.25, 0.3) is 5.91 Å². The van der Waals surface area contributed by atoms with E-state index in [-0.39, 0.29) is 18.1 Å². The van der Waals surface area contributed by atoms with Crippen LogP contribution in [0.5, 0.6) is 0 Å². The molecule has 1 aromatic carbocycles. The average Bonchev–Trinajstić information content (AvgIpc) is 3.30. The molecule has 0 unspecified atom stereocenters. The molecule has 5 rings (SSSR count). The molecule has 1 fully saturated rings. The lowest BCUT2D eigenvalue weighted by Gasteiger charge is -2.34. The summed E-state index contributed by atoms with van der Waals surface area (Å²) in [6, 6.07) is 15.0. The highest BCUT2D eigenvalue weighted by Gasteiger charge is 2.30. The van der Waals surface area contributed by atoms with E-state index in [1.807, 2.05) is 24.3 Å². The topological polar surface area (TPSA) is 74.2 Å². The number of aromatic nitrogens is 1. The Hall–Kier alpha value is -2.28. The maximum absolute atomic E-state index is 13.4. The van der Waals surface area contributed by atoms with Crippen molar-refractivity contribution in [2.45, 2.75) is 90.3 Å². The Bertz CT molecular complexity index is 1210. The molecule has 3 N–H and O–H groups in total. The number of aryl methyl sites for hydroxylation is 1. The standard InChI is InChI=1S/C31H41N3O2S/c1-31(2,3)23-9-14-26-21(18-23)17-22-19-28(37-30(22)34-26)29(36)33-27(20-7-5-4-6-8-20)15-16-32-24-10-12-25(35)13-11-24/h4-8,17,19,23-25,27,32,35H,9-16,18H2,1-3H3,(H,33,36)/t23-,24?,25?,27+/m0/s1. The van der Waals surface area contributed by atoms with Crippen LogP contribution in [0.3, 0.4) is 0 Å². The first-order chi connectivity index (χ1) is 17.8. The lowest BCUT2D eigenvalue weighted by atomic mass is 9.71. The van der Waals surface area contributed by atoms with E-state index < -0.39 is 0 Å². The van der Waals surface area contributed by atoms with Crippen molar-refractivity contribution in [1.82, 2.24) is 15.6 Å². The molecule has 0 radical (unpaired) electrons. The van der Waals surface area contributed by atoms with Gasteiger partial charge in [-0.2, -0.15) is 0 Å². The van der Waals surface area contributed by atoms with Crippen LogP contribution in [0.15, 0.2) is 42.5 Å². The molecular formula is C31H41N3O2S. The summed E-state index contributed by atoms with van der Waals surface area (Å²) in [7, 11) is 0. The number of fused-ring (bicyclic) bond motifs is 2. The summed E-state index contributed by atoms with van der Waals surface area (Å²) in [5, 5.41) is 17.8. The fourth-order valence-corrected chi connectivity index (χ4v) is 6.86. The van der Waals surface area contributed by atoms with Crippen molar-refractivity contribution in [1.29, 1.82) is 0 Å². The van der Waals surface area contributed by atoms with Gasteiger partial charge in [0.15, 0.2) is 0 Å². The van der Waals surface area contributed by atoms with Crippen LogP contribution in [-0.2, 0) is 12.8 Å². The van der Waals surface area contributed by atoms with Crippen molar-refractivity contribution in [2.24, 2.45) is 11.3 Å². The molecule has 0 bridgehead atoms. The molecule has 0 aliphatic heterocycles. The third-order valence-electron chi connectivity index (χ3n) is 8.39. The van der Waals surface area contributed by atoms with E-state index in [1.165, 1.54) is 29.0 Å². The van der Waals surface area contributed by atoms with Crippen LogP contribution in [0, 0.1) is 11.3 Å². The van der Waals surface area contributed by atoms with E-state index in [1.54, 1.807) is 0 Å². The van der Waals surface area contributed by atoms with Crippen LogP contribution < -0.4 is 10.6 Å². The smallest absolute Gasteiger partial charge is 0.261 e. The Balaban J connectivity index is 1.28. The number of aliphatic hydroxyl groups excluding tert-OH is 1. The van der Waals surface area contributed by atoms with Gasteiger partial charge in [-0.15, -0.1) is 11.3 Å². The number of hydrogen-bond acceptors (Lipinski definition) is 5. The van der Waals surface area contributed by atoms with E-state index in [4.69, 9.17) is 4.98 Å². The monoisotopic (exact) mass is 519 g/mol. The molecule has 5 nitrogen and oxygen atoms in total. The van der Waals surface area contributed by atoms with Crippen molar-refractivity contribution in [3.8, 4) is 0 Å². The Morgan fingerprint density at radius 1 is 1.11 bits per heavy atom. The normalized spacial score (nSPS) is 23.0. The summed E-state index contributed by atoms with van der Waals surface area (Å²) < 4.78 is 0. The molecule has 1 saturated carbocycles. The largest absolute Gasteiger partial charge is 0.393 e. The van der Waals surface area contributed by atoms with Gasteiger partial charge in [0, 0.05) is 17.1 Å². The summed E-state index contributed by atoms with van der Waals surface area (Å²) in [5.74, 6) is 0.641. The van der Waals surface area contributed by atoms with Crippen molar-refractivity contribution < 1.29 is 9.90 Å². The lowest BCUT2D eigenvalue weighted by Crippen LogP contribution is -2.37. The number of benzene rings is 1. The molecule has 198 valence electrons. The molecule has 3 aromatic rings. The number of carbonyl (C=O) groups is 1. The average molecular weight is 520 g/mol. The molecule has 2 aliphatic carbocycles. The molecule has 0 saturated heterocycles. The SMILES string of the molecule is CC(C)(C)[C@H]1CCc2nc3sc(C(=O)N[C@H](CCNC4CCC(O)CC4)c4ccccc4)cc3cc2C1. The minimum Gasteiger partial charge on any atom is -0.393 e. The zero-order chi connectivity index (χ0) is 26.0. The van der Waals surface area contributed by atoms with Crippen LogP contribution >= 0.6 is 11.3 Å². The van der Waals surface area contributed by atoms with Gasteiger partial charge in [0.05, 0.1) is 17.0 Å². The Morgan fingerprint density at radius 3 is 2.59 bits per heavy atom. The van der Waals surface area contributed by atoms with Gasteiger partial charge in [-0.25, -0.2) is 4.98 Å². The molecular weight excluding hydrogens is 478 g/mol. The fraction of sp³-hybridized carbons (Fsp3) is 0.548. The zero-order valence-electron chi connectivity index (χ0n) is 22.4.